The maximum absolute atomic E-state index is 10.2. The Balaban J connectivity index is 3.37. The van der Waals surface area contributed by atoms with Gasteiger partial charge >= 0.3 is 0 Å². The molecule has 0 bridgehead atoms. The molecular weight excluding hydrogens is 170 g/mol. The normalized spacial score (nSPS) is 9.75. The van der Waals surface area contributed by atoms with E-state index in [1.807, 2.05) is 5.32 Å². The van der Waals surface area contributed by atoms with Crippen LogP contribution in [0.5, 0.6) is 0 Å². The monoisotopic (exact) mass is 175 g/mol. The van der Waals surface area contributed by atoms with Gasteiger partial charge in [0.2, 0.25) is 5.91 Å². The molecule has 2 nitrogen and oxygen atoms in total. The second-order valence-corrected chi connectivity index (χ2v) is 1.71. The minimum Gasteiger partial charge on any atom is -0.346 e. The predicted molar refractivity (Wildman–Crippen MR) is 35.4 cm³/mol. The molecule has 0 unspecified atom stereocenters. The third-order valence-electron chi connectivity index (χ3n) is 0.501. The molecule has 44 valence electrons. The first-order valence-corrected chi connectivity index (χ1v) is 3.16. The Hall–Kier alpha value is -0.310. The summed E-state index contributed by atoms with van der Waals surface area (Å²) in [6.45, 7) is 0. The molecule has 0 fully saturated rings. The average molecular weight is 176 g/mol. The van der Waals surface area contributed by atoms with Crippen LogP contribution < -0.4 is 5.32 Å². The maximum Gasteiger partial charge on any atom is 0.244 e. The number of carbonyl (C=O) groups excluding carboxylic acids is 1. The van der Waals surface area contributed by atoms with E-state index in [0.717, 1.165) is 0 Å². The number of amides is 1. The Kier molecular flexibility index (Phi) is 4.65. The molecule has 0 saturated carbocycles. The van der Waals surface area contributed by atoms with Crippen molar-refractivity contribution >= 4 is 21.8 Å². The summed E-state index contributed by atoms with van der Waals surface area (Å²) in [4.78, 5) is 10.2. The van der Waals surface area contributed by atoms with Crippen LogP contribution >= 0.6 is 15.9 Å². The molecule has 0 atom stereocenters. The van der Waals surface area contributed by atoms with Crippen molar-refractivity contribution in [3.05, 3.63) is 19.2 Å². The third kappa shape index (κ3) is 3.87. The van der Waals surface area contributed by atoms with Crippen molar-refractivity contribution < 1.29 is 4.79 Å². The van der Waals surface area contributed by atoms with Crippen LogP contribution in [0.3, 0.4) is 0 Å². The average Bonchev–Trinajstić information content (AvgIpc) is 1.83. The number of rotatable bonds is 2. The summed E-state index contributed by atoms with van der Waals surface area (Å²) in [5, 5.41) is 2.62. The lowest BCUT2D eigenvalue weighted by atomic mass is 10.5. The molecule has 8 heavy (non-hydrogen) atoms. The van der Waals surface area contributed by atoms with E-state index in [4.69, 9.17) is 7.05 Å². The summed E-state index contributed by atoms with van der Waals surface area (Å²) in [5.74, 6) is -0.288. The van der Waals surface area contributed by atoms with E-state index in [1.165, 1.54) is 6.08 Å². The first-order chi connectivity index (χ1) is 3.81. The van der Waals surface area contributed by atoms with E-state index in [1.54, 1.807) is 6.08 Å². The number of hydrogen-bond donors (Lipinski definition) is 1. The van der Waals surface area contributed by atoms with E-state index < -0.39 is 0 Å². The highest BCUT2D eigenvalue weighted by molar-refractivity contribution is 9.09. The smallest absolute Gasteiger partial charge is 0.244 e. The highest BCUT2D eigenvalue weighted by Gasteiger charge is 1.83. The van der Waals surface area contributed by atoms with Gasteiger partial charge in [-0.25, -0.2) is 0 Å². The minimum atomic E-state index is -0.288. The second kappa shape index (κ2) is 4.84. The van der Waals surface area contributed by atoms with Crippen molar-refractivity contribution in [3.63, 3.8) is 0 Å². The first-order valence-electron chi connectivity index (χ1n) is 2.04. The number of allylic oxidation sites excluding steroid dienone is 1. The summed E-state index contributed by atoms with van der Waals surface area (Å²) < 4.78 is 0. The summed E-state index contributed by atoms with van der Waals surface area (Å²) in [5.41, 5.74) is 0. The molecule has 0 aromatic heterocycles. The van der Waals surface area contributed by atoms with Crippen LogP contribution in [-0.2, 0) is 4.79 Å². The lowest BCUT2D eigenvalue weighted by Gasteiger charge is -1.84. The summed E-state index contributed by atoms with van der Waals surface area (Å²) in [6, 6.07) is 0. The fraction of sp³-hybridized carbons (Fsp3) is 0.200. The van der Waals surface area contributed by atoms with Crippen LogP contribution in [0.2, 0.25) is 0 Å². The van der Waals surface area contributed by atoms with Gasteiger partial charge in [0.05, 0.1) is 7.05 Å². The highest BCUT2D eigenvalue weighted by atomic mass is 79.9. The molecule has 1 N–H and O–H groups in total. The van der Waals surface area contributed by atoms with Crippen molar-refractivity contribution in [2.75, 3.05) is 5.33 Å². The molecule has 0 saturated heterocycles. The van der Waals surface area contributed by atoms with Crippen LogP contribution in [-0.4, -0.2) is 11.2 Å². The molecule has 0 aliphatic rings. The quantitative estimate of drug-likeness (QED) is 0.375. The zero-order valence-electron chi connectivity index (χ0n) is 4.23. The molecular formula is C5H6BrNO. The Morgan fingerprint density at radius 3 is 2.88 bits per heavy atom. The van der Waals surface area contributed by atoms with Gasteiger partial charge in [0.1, 0.15) is 0 Å². The van der Waals surface area contributed by atoms with Gasteiger partial charge in [-0.1, -0.05) is 22.0 Å². The molecule has 1 amide bonds. The largest absolute Gasteiger partial charge is 0.346 e. The van der Waals surface area contributed by atoms with Crippen LogP contribution in [0, 0.1) is 7.05 Å². The van der Waals surface area contributed by atoms with Gasteiger partial charge in [0, 0.05) is 5.33 Å². The molecule has 2 radical (unpaired) electrons. The molecule has 0 spiro atoms. The predicted octanol–water partition coefficient (Wildman–Crippen LogP) is 0.722. The Labute approximate surface area is 57.1 Å². The highest BCUT2D eigenvalue weighted by Crippen LogP contribution is 1.80. The number of nitrogens with one attached hydrogen (secondary N) is 1. The van der Waals surface area contributed by atoms with Crippen molar-refractivity contribution in [2.24, 2.45) is 0 Å². The van der Waals surface area contributed by atoms with Crippen molar-refractivity contribution in [1.29, 1.82) is 0 Å². The fourth-order valence-electron chi connectivity index (χ4n) is 0.200. The van der Waals surface area contributed by atoms with Crippen molar-refractivity contribution in [2.45, 2.75) is 0 Å². The van der Waals surface area contributed by atoms with Gasteiger partial charge in [-0.05, 0) is 6.08 Å². The zero-order valence-corrected chi connectivity index (χ0v) is 5.81. The Morgan fingerprint density at radius 1 is 1.88 bits per heavy atom. The van der Waals surface area contributed by atoms with E-state index in [2.05, 4.69) is 15.9 Å². The lowest BCUT2D eigenvalue weighted by molar-refractivity contribution is -0.115. The van der Waals surface area contributed by atoms with Crippen molar-refractivity contribution in [3.8, 4) is 0 Å². The third-order valence-corrected chi connectivity index (χ3v) is 0.874. The van der Waals surface area contributed by atoms with Gasteiger partial charge in [-0.15, -0.1) is 0 Å². The Bertz CT molecular complexity index is 101. The standard InChI is InChI=1S/C5H6BrNO/c1-7-5(8)3-2-4-6/h1-3H,4H2,(H,7,8)/b3-2+. The zero-order chi connectivity index (χ0) is 6.41. The van der Waals surface area contributed by atoms with Gasteiger partial charge in [0.25, 0.3) is 0 Å². The van der Waals surface area contributed by atoms with Crippen LogP contribution in [0.15, 0.2) is 12.2 Å². The molecule has 0 aliphatic carbocycles. The number of alkyl halides is 1. The fourth-order valence-corrected chi connectivity index (χ4v) is 0.387. The number of hydrogen-bond acceptors (Lipinski definition) is 1. The molecule has 0 aromatic rings. The van der Waals surface area contributed by atoms with Gasteiger partial charge < -0.3 is 5.32 Å². The maximum atomic E-state index is 10.2. The summed E-state index contributed by atoms with van der Waals surface area (Å²) >= 11 is 3.10. The summed E-state index contributed by atoms with van der Waals surface area (Å²) in [7, 11) is 4.75. The Morgan fingerprint density at radius 2 is 2.50 bits per heavy atom. The van der Waals surface area contributed by atoms with E-state index in [9.17, 15) is 4.79 Å². The van der Waals surface area contributed by atoms with E-state index in [0.29, 0.717) is 5.33 Å². The molecule has 0 aromatic carbocycles. The van der Waals surface area contributed by atoms with Gasteiger partial charge in [0.15, 0.2) is 0 Å². The van der Waals surface area contributed by atoms with E-state index in [-0.39, 0.29) is 5.91 Å². The van der Waals surface area contributed by atoms with Crippen LogP contribution in [0.1, 0.15) is 0 Å². The second-order valence-electron chi connectivity index (χ2n) is 1.07. The molecule has 0 rings (SSSR count). The van der Waals surface area contributed by atoms with Gasteiger partial charge in [-0.3, -0.25) is 4.79 Å². The van der Waals surface area contributed by atoms with Crippen molar-refractivity contribution in [1.82, 2.24) is 5.32 Å². The number of carbonyl (C=O) groups is 1. The van der Waals surface area contributed by atoms with Crippen LogP contribution in [0.25, 0.3) is 0 Å². The SMILES string of the molecule is [CH]NC(=O)/C=C/CBr. The number of halogens is 1. The van der Waals surface area contributed by atoms with Crippen LogP contribution in [0.4, 0.5) is 0 Å². The topological polar surface area (TPSA) is 29.1 Å². The molecule has 0 aliphatic heterocycles. The van der Waals surface area contributed by atoms with E-state index >= 15 is 0 Å². The lowest BCUT2D eigenvalue weighted by Crippen LogP contribution is -2.11. The van der Waals surface area contributed by atoms with Gasteiger partial charge in [-0.2, -0.15) is 0 Å². The first kappa shape index (κ1) is 7.69. The summed E-state index contributed by atoms with van der Waals surface area (Å²) in [6.07, 6.45) is 3.01. The minimum absolute atomic E-state index is 0.288. The molecule has 3 heteroatoms. The molecule has 0 heterocycles.